The van der Waals surface area contributed by atoms with E-state index >= 15 is 0 Å². The minimum atomic E-state index is -0.402. The lowest BCUT2D eigenvalue weighted by Gasteiger charge is -1.89. The second-order valence-corrected chi connectivity index (χ2v) is 2.14. The highest BCUT2D eigenvalue weighted by Crippen LogP contribution is 2.07. The van der Waals surface area contributed by atoms with Crippen LogP contribution in [-0.4, -0.2) is 16.5 Å². The second kappa shape index (κ2) is 2.68. The Morgan fingerprint density at radius 1 is 1.80 bits per heavy atom. The van der Waals surface area contributed by atoms with E-state index in [1.54, 1.807) is 17.9 Å². The molecule has 0 aromatic carbocycles. The van der Waals surface area contributed by atoms with Crippen LogP contribution in [0.5, 0.6) is 0 Å². The molecule has 1 rings (SSSR count). The first kappa shape index (κ1) is 7.05. The summed E-state index contributed by atoms with van der Waals surface area (Å²) in [6, 6.07) is 0. The highest BCUT2D eigenvalue weighted by Gasteiger charge is 2.01. The summed E-state index contributed by atoms with van der Waals surface area (Å²) in [6.07, 6.45) is 1.98. The van der Waals surface area contributed by atoms with E-state index in [0.29, 0.717) is 17.8 Å². The number of rotatable bonds is 2. The minimum absolute atomic E-state index is 0.312. The Morgan fingerprint density at radius 3 is 2.90 bits per heavy atom. The van der Waals surface area contributed by atoms with Crippen LogP contribution in [0.4, 0.5) is 10.1 Å². The third kappa shape index (κ3) is 1.26. The molecule has 10 heavy (non-hydrogen) atoms. The fourth-order valence-corrected chi connectivity index (χ4v) is 0.837. The molecule has 0 unspecified atom stereocenters. The van der Waals surface area contributed by atoms with E-state index in [9.17, 15) is 4.39 Å². The van der Waals surface area contributed by atoms with Gasteiger partial charge in [-0.1, -0.05) is 0 Å². The molecular weight excluding hydrogens is 133 g/mol. The Hall–Kier alpha value is -1.06. The molecule has 0 spiro atoms. The molecule has 0 fully saturated rings. The van der Waals surface area contributed by atoms with Crippen molar-refractivity contribution in [1.82, 2.24) is 9.78 Å². The number of alkyl halides is 1. The molecule has 56 valence electrons. The van der Waals surface area contributed by atoms with Crippen molar-refractivity contribution in [2.75, 3.05) is 12.4 Å². The Balaban J connectivity index is 2.81. The van der Waals surface area contributed by atoms with Gasteiger partial charge < -0.3 is 5.73 Å². The van der Waals surface area contributed by atoms with Crippen LogP contribution >= 0.6 is 0 Å². The van der Waals surface area contributed by atoms with E-state index in [0.717, 1.165) is 0 Å². The molecule has 0 aliphatic carbocycles. The van der Waals surface area contributed by atoms with E-state index < -0.39 is 6.67 Å². The third-order valence-electron chi connectivity index (χ3n) is 1.27. The predicted molar refractivity (Wildman–Crippen MR) is 37.3 cm³/mol. The predicted octanol–water partition coefficient (Wildman–Crippen LogP) is 0.514. The number of aryl methyl sites for hydroxylation is 2. The normalized spacial score (nSPS) is 10.2. The molecule has 0 aliphatic rings. The van der Waals surface area contributed by atoms with Crippen molar-refractivity contribution in [3.05, 3.63) is 11.9 Å². The number of nitrogens with two attached hydrogens (primary N) is 1. The Labute approximate surface area is 58.6 Å². The molecule has 0 bridgehead atoms. The Morgan fingerprint density at radius 2 is 2.50 bits per heavy atom. The molecule has 0 amide bonds. The summed E-state index contributed by atoms with van der Waals surface area (Å²) in [5.74, 6) is 0. The van der Waals surface area contributed by atoms with Crippen LogP contribution in [0.3, 0.4) is 0 Å². The van der Waals surface area contributed by atoms with Gasteiger partial charge in [0, 0.05) is 19.7 Å². The van der Waals surface area contributed by atoms with Gasteiger partial charge in [0.15, 0.2) is 0 Å². The lowest BCUT2D eigenvalue weighted by Crippen LogP contribution is -1.94. The molecule has 4 heteroatoms. The minimum Gasteiger partial charge on any atom is -0.396 e. The molecule has 2 N–H and O–H groups in total. The summed E-state index contributed by atoms with van der Waals surface area (Å²) in [7, 11) is 1.76. The van der Waals surface area contributed by atoms with Gasteiger partial charge in [-0.3, -0.25) is 9.07 Å². The van der Waals surface area contributed by atoms with E-state index in [1.807, 2.05) is 0 Å². The van der Waals surface area contributed by atoms with E-state index in [4.69, 9.17) is 5.73 Å². The topological polar surface area (TPSA) is 43.8 Å². The van der Waals surface area contributed by atoms with Gasteiger partial charge >= 0.3 is 0 Å². The lowest BCUT2D eigenvalue weighted by atomic mass is 10.3. The smallest absolute Gasteiger partial charge is 0.0951 e. The van der Waals surface area contributed by atoms with Crippen molar-refractivity contribution < 1.29 is 4.39 Å². The van der Waals surface area contributed by atoms with E-state index in [-0.39, 0.29) is 0 Å². The number of hydrogen-bond acceptors (Lipinski definition) is 2. The van der Waals surface area contributed by atoms with Crippen molar-refractivity contribution >= 4 is 5.69 Å². The maximum absolute atomic E-state index is 11.8. The van der Waals surface area contributed by atoms with Gasteiger partial charge in [-0.2, -0.15) is 5.10 Å². The zero-order valence-corrected chi connectivity index (χ0v) is 5.84. The average Bonchev–Trinajstić information content (AvgIpc) is 2.13. The Bertz CT molecular complexity index is 219. The second-order valence-electron chi connectivity index (χ2n) is 2.14. The molecular formula is C6H10FN3. The number of anilines is 1. The number of nitrogens with zero attached hydrogens (tertiary/aromatic N) is 2. The molecule has 0 radical (unpaired) electrons. The van der Waals surface area contributed by atoms with Crippen LogP contribution in [0.25, 0.3) is 0 Å². The first-order valence-corrected chi connectivity index (χ1v) is 3.08. The highest BCUT2D eigenvalue weighted by molar-refractivity contribution is 5.40. The zero-order valence-electron chi connectivity index (χ0n) is 5.84. The first-order valence-electron chi connectivity index (χ1n) is 3.08. The fraction of sp³-hybridized carbons (Fsp3) is 0.500. The quantitative estimate of drug-likeness (QED) is 0.655. The van der Waals surface area contributed by atoms with Crippen molar-refractivity contribution in [1.29, 1.82) is 0 Å². The number of aromatic nitrogens is 2. The summed E-state index contributed by atoms with van der Waals surface area (Å²) in [6.45, 7) is -0.402. The lowest BCUT2D eigenvalue weighted by molar-refractivity contribution is 0.490. The van der Waals surface area contributed by atoms with Crippen LogP contribution in [0, 0.1) is 0 Å². The van der Waals surface area contributed by atoms with Crippen molar-refractivity contribution in [3.63, 3.8) is 0 Å². The molecule has 3 nitrogen and oxygen atoms in total. The van der Waals surface area contributed by atoms with Crippen LogP contribution in [0.2, 0.25) is 0 Å². The van der Waals surface area contributed by atoms with Gasteiger partial charge in [0.25, 0.3) is 0 Å². The first-order chi connectivity index (χ1) is 4.74. The van der Waals surface area contributed by atoms with Crippen LogP contribution in [-0.2, 0) is 13.5 Å². The molecule has 0 atom stereocenters. The fourth-order valence-electron chi connectivity index (χ4n) is 0.837. The van der Waals surface area contributed by atoms with Gasteiger partial charge in [-0.05, 0) is 0 Å². The van der Waals surface area contributed by atoms with Crippen LogP contribution in [0.15, 0.2) is 6.20 Å². The van der Waals surface area contributed by atoms with Crippen LogP contribution < -0.4 is 5.73 Å². The largest absolute Gasteiger partial charge is 0.396 e. The van der Waals surface area contributed by atoms with Gasteiger partial charge in [0.1, 0.15) is 0 Å². The number of nitrogen functional groups attached to an aromatic ring is 1. The summed E-state index contributed by atoms with van der Waals surface area (Å²) < 4.78 is 13.3. The molecule has 0 saturated heterocycles. The maximum Gasteiger partial charge on any atom is 0.0951 e. The number of hydrogen-bond donors (Lipinski definition) is 1. The average molecular weight is 143 g/mol. The molecule has 1 aromatic heterocycles. The van der Waals surface area contributed by atoms with Gasteiger partial charge in [0.2, 0.25) is 0 Å². The van der Waals surface area contributed by atoms with Crippen molar-refractivity contribution in [3.8, 4) is 0 Å². The summed E-state index contributed by atoms with van der Waals surface area (Å²) in [5.41, 5.74) is 6.69. The molecule has 1 aromatic rings. The third-order valence-corrected chi connectivity index (χ3v) is 1.27. The monoisotopic (exact) mass is 143 g/mol. The summed E-state index contributed by atoms with van der Waals surface area (Å²) in [4.78, 5) is 0. The maximum atomic E-state index is 11.8. The van der Waals surface area contributed by atoms with Crippen molar-refractivity contribution in [2.45, 2.75) is 6.42 Å². The number of halogens is 1. The SMILES string of the molecule is Cn1cc(N)c(CCF)n1. The summed E-state index contributed by atoms with van der Waals surface area (Å²) in [5, 5.41) is 3.95. The highest BCUT2D eigenvalue weighted by atomic mass is 19.1. The standard InChI is InChI=1S/C6H10FN3/c1-10-4-5(8)6(9-10)2-3-7/h4H,2-3,8H2,1H3. The molecule has 1 heterocycles. The summed E-state index contributed by atoms with van der Waals surface area (Å²) >= 11 is 0. The van der Waals surface area contributed by atoms with Crippen LogP contribution in [0.1, 0.15) is 5.69 Å². The van der Waals surface area contributed by atoms with E-state index in [1.165, 1.54) is 0 Å². The molecule has 0 saturated carbocycles. The van der Waals surface area contributed by atoms with E-state index in [2.05, 4.69) is 5.10 Å². The zero-order chi connectivity index (χ0) is 7.56. The Kier molecular flexibility index (Phi) is 1.89. The van der Waals surface area contributed by atoms with Crippen molar-refractivity contribution in [2.24, 2.45) is 7.05 Å². The van der Waals surface area contributed by atoms with Gasteiger partial charge in [-0.15, -0.1) is 0 Å². The van der Waals surface area contributed by atoms with Gasteiger partial charge in [-0.25, -0.2) is 0 Å². The molecule has 0 aliphatic heterocycles. The van der Waals surface area contributed by atoms with Gasteiger partial charge in [0.05, 0.1) is 18.1 Å².